The third-order valence-electron chi connectivity index (χ3n) is 5.11. The summed E-state index contributed by atoms with van der Waals surface area (Å²) in [6, 6.07) is 9.48. The molecule has 1 unspecified atom stereocenters. The molecule has 0 bridgehead atoms. The second kappa shape index (κ2) is 8.65. The molecule has 29 heavy (non-hydrogen) atoms. The van der Waals surface area contributed by atoms with Crippen LogP contribution in [-0.4, -0.2) is 48.3 Å². The Kier molecular flexibility index (Phi) is 5.80. The number of benzene rings is 1. The van der Waals surface area contributed by atoms with Crippen LogP contribution in [0.25, 0.3) is 11.4 Å². The summed E-state index contributed by atoms with van der Waals surface area (Å²) in [5.41, 5.74) is 0.791. The van der Waals surface area contributed by atoms with E-state index in [0.717, 1.165) is 29.8 Å². The molecule has 0 aliphatic carbocycles. The van der Waals surface area contributed by atoms with Gasteiger partial charge in [0, 0.05) is 23.5 Å². The first kappa shape index (κ1) is 19.4. The zero-order chi connectivity index (χ0) is 20.2. The zero-order valence-corrected chi connectivity index (χ0v) is 17.3. The van der Waals surface area contributed by atoms with E-state index in [0.29, 0.717) is 36.2 Å². The minimum absolute atomic E-state index is 0.0532. The van der Waals surface area contributed by atoms with Crippen molar-refractivity contribution in [1.82, 2.24) is 15.0 Å². The van der Waals surface area contributed by atoms with Gasteiger partial charge in [0.25, 0.3) is 0 Å². The van der Waals surface area contributed by atoms with Crippen LogP contribution in [0.5, 0.6) is 11.5 Å². The first-order valence-corrected chi connectivity index (χ1v) is 10.4. The fraction of sp³-hybridized carbons (Fsp3) is 0.381. The molecule has 1 saturated heterocycles. The van der Waals surface area contributed by atoms with Crippen LogP contribution in [0.1, 0.15) is 29.5 Å². The Bertz CT molecular complexity index is 970. The number of methoxy groups -OCH3 is 2. The standard InChI is InChI=1S/C21H23N3O4S/c1-26-17-8-7-14(11-18(17)27-2)20-22-21(28-23-20)15-5-3-9-24(13-15)19(25)12-16-6-4-10-29-16/h4,6-8,10-11,15H,3,5,9,12-13H2,1-2H3. The van der Waals surface area contributed by atoms with E-state index in [1.165, 1.54) is 0 Å². The van der Waals surface area contributed by atoms with Crippen LogP contribution in [0.15, 0.2) is 40.2 Å². The van der Waals surface area contributed by atoms with Crippen LogP contribution >= 0.6 is 11.3 Å². The molecule has 4 rings (SSSR count). The van der Waals surface area contributed by atoms with Gasteiger partial charge in [0.05, 0.1) is 26.6 Å². The molecule has 3 aromatic rings. The minimum atomic E-state index is 0.0532. The van der Waals surface area contributed by atoms with Crippen LogP contribution < -0.4 is 9.47 Å². The summed E-state index contributed by atoms with van der Waals surface area (Å²) >= 11 is 1.61. The van der Waals surface area contributed by atoms with Gasteiger partial charge in [-0.2, -0.15) is 4.98 Å². The van der Waals surface area contributed by atoms with Gasteiger partial charge in [-0.15, -0.1) is 11.3 Å². The second-order valence-electron chi connectivity index (χ2n) is 6.96. The predicted molar refractivity (Wildman–Crippen MR) is 109 cm³/mol. The summed E-state index contributed by atoms with van der Waals surface area (Å²) in [5, 5.41) is 6.13. The highest BCUT2D eigenvalue weighted by molar-refractivity contribution is 7.10. The third kappa shape index (κ3) is 4.27. The second-order valence-corrected chi connectivity index (χ2v) is 7.99. The lowest BCUT2D eigenvalue weighted by Gasteiger charge is -2.31. The predicted octanol–water partition coefficient (Wildman–Crippen LogP) is 3.76. The maximum Gasteiger partial charge on any atom is 0.231 e. The lowest BCUT2D eigenvalue weighted by molar-refractivity contribution is -0.131. The minimum Gasteiger partial charge on any atom is -0.493 e. The fourth-order valence-corrected chi connectivity index (χ4v) is 4.27. The number of piperidine rings is 1. The Morgan fingerprint density at radius 3 is 2.90 bits per heavy atom. The number of hydrogen-bond acceptors (Lipinski definition) is 7. The van der Waals surface area contributed by atoms with E-state index in [4.69, 9.17) is 14.0 Å². The Balaban J connectivity index is 1.47. The number of rotatable bonds is 6. The molecule has 3 heterocycles. The lowest BCUT2D eigenvalue weighted by Crippen LogP contribution is -2.39. The summed E-state index contributed by atoms with van der Waals surface area (Å²) in [6.07, 6.45) is 2.30. The lowest BCUT2D eigenvalue weighted by atomic mass is 9.97. The van der Waals surface area contributed by atoms with Crippen molar-refractivity contribution in [3.63, 3.8) is 0 Å². The molecule has 1 atom stereocenters. The summed E-state index contributed by atoms with van der Waals surface area (Å²) < 4.78 is 16.2. The molecule has 7 nitrogen and oxygen atoms in total. The summed E-state index contributed by atoms with van der Waals surface area (Å²) in [7, 11) is 3.19. The number of carbonyl (C=O) groups is 1. The molecule has 8 heteroatoms. The number of aromatic nitrogens is 2. The summed E-state index contributed by atoms with van der Waals surface area (Å²) in [5.74, 6) is 2.53. The van der Waals surface area contributed by atoms with Gasteiger partial charge in [0.1, 0.15) is 0 Å². The van der Waals surface area contributed by atoms with Crippen molar-refractivity contribution in [2.75, 3.05) is 27.3 Å². The Labute approximate surface area is 173 Å². The van der Waals surface area contributed by atoms with Crippen LogP contribution in [0.4, 0.5) is 0 Å². The number of hydrogen-bond donors (Lipinski definition) is 0. The Morgan fingerprint density at radius 1 is 1.28 bits per heavy atom. The average molecular weight is 413 g/mol. The molecule has 0 N–H and O–H groups in total. The molecule has 0 spiro atoms. The van der Waals surface area contributed by atoms with Gasteiger partial charge in [0.15, 0.2) is 11.5 Å². The summed E-state index contributed by atoms with van der Waals surface area (Å²) in [4.78, 5) is 20.2. The molecule has 0 saturated carbocycles. The molecule has 1 amide bonds. The van der Waals surface area contributed by atoms with Crippen molar-refractivity contribution < 1.29 is 18.8 Å². The monoisotopic (exact) mass is 413 g/mol. The molecular weight excluding hydrogens is 390 g/mol. The number of nitrogens with zero attached hydrogens (tertiary/aromatic N) is 3. The SMILES string of the molecule is COc1ccc(-c2noc(C3CCCN(C(=O)Cc4cccs4)C3)n2)cc1OC. The van der Waals surface area contributed by atoms with E-state index in [2.05, 4.69) is 10.1 Å². The average Bonchev–Trinajstić information content (AvgIpc) is 3.45. The van der Waals surface area contributed by atoms with E-state index in [1.807, 2.05) is 40.6 Å². The fourth-order valence-electron chi connectivity index (χ4n) is 3.57. The van der Waals surface area contributed by atoms with Crippen molar-refractivity contribution in [3.8, 4) is 22.9 Å². The van der Waals surface area contributed by atoms with Crippen molar-refractivity contribution in [2.24, 2.45) is 0 Å². The van der Waals surface area contributed by atoms with E-state index in [1.54, 1.807) is 25.6 Å². The molecule has 152 valence electrons. The van der Waals surface area contributed by atoms with Crippen LogP contribution in [-0.2, 0) is 11.2 Å². The zero-order valence-electron chi connectivity index (χ0n) is 16.5. The molecule has 2 aromatic heterocycles. The largest absolute Gasteiger partial charge is 0.493 e. The van der Waals surface area contributed by atoms with Gasteiger partial charge in [-0.25, -0.2) is 0 Å². The molecular formula is C21H23N3O4S. The van der Waals surface area contributed by atoms with Gasteiger partial charge in [-0.1, -0.05) is 11.2 Å². The van der Waals surface area contributed by atoms with Crippen LogP contribution in [0, 0.1) is 0 Å². The highest BCUT2D eigenvalue weighted by Crippen LogP contribution is 2.33. The van der Waals surface area contributed by atoms with Crippen molar-refractivity contribution in [1.29, 1.82) is 0 Å². The Hall–Kier alpha value is -2.87. The topological polar surface area (TPSA) is 77.7 Å². The highest BCUT2D eigenvalue weighted by Gasteiger charge is 2.29. The van der Waals surface area contributed by atoms with E-state index < -0.39 is 0 Å². The smallest absolute Gasteiger partial charge is 0.231 e. The molecule has 1 aliphatic heterocycles. The van der Waals surface area contributed by atoms with E-state index in [9.17, 15) is 4.79 Å². The van der Waals surface area contributed by atoms with Gasteiger partial charge in [-0.3, -0.25) is 4.79 Å². The maximum atomic E-state index is 12.6. The molecule has 1 aromatic carbocycles. The first-order valence-electron chi connectivity index (χ1n) is 9.54. The highest BCUT2D eigenvalue weighted by atomic mass is 32.1. The number of thiophene rings is 1. The summed E-state index contributed by atoms with van der Waals surface area (Å²) in [6.45, 7) is 1.38. The van der Waals surface area contributed by atoms with Gasteiger partial charge >= 0.3 is 0 Å². The number of likely N-dealkylation sites (tertiary alicyclic amines) is 1. The first-order chi connectivity index (χ1) is 14.2. The van der Waals surface area contributed by atoms with E-state index in [-0.39, 0.29) is 11.8 Å². The molecule has 1 aliphatic rings. The maximum absolute atomic E-state index is 12.6. The van der Waals surface area contributed by atoms with Gasteiger partial charge in [-0.05, 0) is 42.5 Å². The molecule has 1 fully saturated rings. The quantitative estimate of drug-likeness (QED) is 0.612. The number of ether oxygens (including phenoxy) is 2. The van der Waals surface area contributed by atoms with Gasteiger partial charge in [0.2, 0.25) is 17.6 Å². The van der Waals surface area contributed by atoms with Crippen LogP contribution in [0.2, 0.25) is 0 Å². The van der Waals surface area contributed by atoms with Crippen molar-refractivity contribution >= 4 is 17.2 Å². The van der Waals surface area contributed by atoms with Crippen molar-refractivity contribution in [2.45, 2.75) is 25.2 Å². The normalized spacial score (nSPS) is 16.6. The van der Waals surface area contributed by atoms with Crippen molar-refractivity contribution in [3.05, 3.63) is 46.5 Å². The van der Waals surface area contributed by atoms with Crippen LogP contribution in [0.3, 0.4) is 0 Å². The third-order valence-corrected chi connectivity index (χ3v) is 5.99. The van der Waals surface area contributed by atoms with Gasteiger partial charge < -0.3 is 18.9 Å². The number of amides is 1. The van der Waals surface area contributed by atoms with E-state index >= 15 is 0 Å². The number of carbonyl (C=O) groups excluding carboxylic acids is 1. The Morgan fingerprint density at radius 2 is 2.14 bits per heavy atom. The molecule has 0 radical (unpaired) electrons.